The van der Waals surface area contributed by atoms with Crippen molar-refractivity contribution < 1.29 is 9.90 Å². The molecule has 2 aromatic carbocycles. The molecule has 0 saturated heterocycles. The number of carboxylic acids is 1. The van der Waals surface area contributed by atoms with Crippen molar-refractivity contribution in [1.82, 2.24) is 0 Å². The van der Waals surface area contributed by atoms with Crippen LogP contribution < -0.4 is 5.73 Å². The molecule has 0 saturated carbocycles. The van der Waals surface area contributed by atoms with Gasteiger partial charge in [-0.2, -0.15) is 0 Å². The number of aliphatic carboxylic acids is 1. The average molecular weight is 297 g/mol. The summed E-state index contributed by atoms with van der Waals surface area (Å²) in [5, 5.41) is 9.16. The quantitative estimate of drug-likeness (QED) is 0.854. The van der Waals surface area contributed by atoms with Gasteiger partial charge in [0.15, 0.2) is 0 Å². The van der Waals surface area contributed by atoms with Gasteiger partial charge in [0.05, 0.1) is 5.41 Å². The summed E-state index contributed by atoms with van der Waals surface area (Å²) in [6.45, 7) is 3.43. The van der Waals surface area contributed by atoms with Crippen molar-refractivity contribution in [2.75, 3.05) is 0 Å². The number of rotatable bonds is 6. The number of hydrogen-bond acceptors (Lipinski definition) is 2. The number of nitrogens with two attached hydrogens (primary N) is 1. The van der Waals surface area contributed by atoms with E-state index in [0.29, 0.717) is 12.8 Å². The Balaban J connectivity index is 2.01. The zero-order valence-corrected chi connectivity index (χ0v) is 13.1. The summed E-state index contributed by atoms with van der Waals surface area (Å²) in [5.41, 5.74) is 8.82. The van der Waals surface area contributed by atoms with Crippen molar-refractivity contribution in [3.05, 3.63) is 60.2 Å². The first-order valence-corrected chi connectivity index (χ1v) is 7.52. The van der Waals surface area contributed by atoms with E-state index in [9.17, 15) is 4.79 Å². The zero-order valence-electron chi connectivity index (χ0n) is 13.1. The highest BCUT2D eigenvalue weighted by atomic mass is 16.4. The molecule has 0 aliphatic carbocycles. The van der Waals surface area contributed by atoms with Crippen molar-refractivity contribution in [1.29, 1.82) is 0 Å². The van der Waals surface area contributed by atoms with E-state index in [1.54, 1.807) is 13.8 Å². The average Bonchev–Trinajstić information content (AvgIpc) is 2.48. The smallest absolute Gasteiger partial charge is 0.309 e. The largest absolute Gasteiger partial charge is 0.481 e. The Hall–Kier alpha value is -2.13. The first kappa shape index (κ1) is 16.2. The molecular formula is C19H23NO2. The highest BCUT2D eigenvalue weighted by Crippen LogP contribution is 2.24. The molecule has 0 aliphatic heterocycles. The Morgan fingerprint density at radius 2 is 1.59 bits per heavy atom. The Morgan fingerprint density at radius 1 is 1.05 bits per heavy atom. The monoisotopic (exact) mass is 297 g/mol. The topological polar surface area (TPSA) is 63.3 Å². The Morgan fingerprint density at radius 3 is 2.14 bits per heavy atom. The van der Waals surface area contributed by atoms with E-state index in [1.165, 1.54) is 11.1 Å². The molecule has 0 amide bonds. The van der Waals surface area contributed by atoms with Crippen LogP contribution in [-0.2, 0) is 11.2 Å². The lowest BCUT2D eigenvalue weighted by atomic mass is 9.84. The van der Waals surface area contributed by atoms with E-state index in [-0.39, 0.29) is 6.04 Å². The molecule has 2 aromatic rings. The van der Waals surface area contributed by atoms with Crippen LogP contribution in [0.25, 0.3) is 11.1 Å². The van der Waals surface area contributed by atoms with Crippen molar-refractivity contribution in [2.45, 2.75) is 32.7 Å². The van der Waals surface area contributed by atoms with Gasteiger partial charge in [0.1, 0.15) is 0 Å². The van der Waals surface area contributed by atoms with Crippen LogP contribution >= 0.6 is 0 Å². The number of carboxylic acid groups (broad SMARTS) is 1. The van der Waals surface area contributed by atoms with Crippen LogP contribution in [0.3, 0.4) is 0 Å². The molecule has 0 radical (unpaired) electrons. The molecule has 116 valence electrons. The molecule has 1 atom stereocenters. The van der Waals surface area contributed by atoms with E-state index in [1.807, 2.05) is 18.2 Å². The van der Waals surface area contributed by atoms with Gasteiger partial charge in [-0.1, -0.05) is 54.6 Å². The third kappa shape index (κ3) is 4.18. The van der Waals surface area contributed by atoms with Crippen LogP contribution in [0, 0.1) is 5.41 Å². The minimum atomic E-state index is -0.803. The van der Waals surface area contributed by atoms with E-state index in [0.717, 1.165) is 5.56 Å². The second kappa shape index (κ2) is 6.75. The van der Waals surface area contributed by atoms with Gasteiger partial charge in [0.25, 0.3) is 0 Å². The third-order valence-corrected chi connectivity index (χ3v) is 3.91. The van der Waals surface area contributed by atoms with Crippen LogP contribution in [0.2, 0.25) is 0 Å². The maximum Gasteiger partial charge on any atom is 0.309 e. The van der Waals surface area contributed by atoms with Gasteiger partial charge in [0, 0.05) is 6.04 Å². The molecule has 0 fully saturated rings. The zero-order chi connectivity index (χ0) is 16.2. The van der Waals surface area contributed by atoms with Gasteiger partial charge in [-0.05, 0) is 43.4 Å². The van der Waals surface area contributed by atoms with Crippen molar-refractivity contribution in [2.24, 2.45) is 11.1 Å². The second-order valence-corrected chi connectivity index (χ2v) is 6.42. The molecular weight excluding hydrogens is 274 g/mol. The van der Waals surface area contributed by atoms with Gasteiger partial charge in [0.2, 0.25) is 0 Å². The molecule has 2 rings (SSSR count). The fourth-order valence-electron chi connectivity index (χ4n) is 2.58. The summed E-state index contributed by atoms with van der Waals surface area (Å²) in [6, 6.07) is 18.3. The summed E-state index contributed by atoms with van der Waals surface area (Å²) in [6.07, 6.45) is 1.15. The van der Waals surface area contributed by atoms with Crippen LogP contribution in [-0.4, -0.2) is 17.1 Å². The first-order chi connectivity index (χ1) is 10.4. The van der Waals surface area contributed by atoms with E-state index < -0.39 is 11.4 Å². The molecule has 0 heterocycles. The van der Waals surface area contributed by atoms with Crippen molar-refractivity contribution in [3.8, 4) is 11.1 Å². The number of carbonyl (C=O) groups is 1. The molecule has 3 heteroatoms. The normalized spacial score (nSPS) is 12.9. The highest BCUT2D eigenvalue weighted by molar-refractivity contribution is 5.73. The number of hydrogen-bond donors (Lipinski definition) is 2. The lowest BCUT2D eigenvalue weighted by Gasteiger charge is -2.23. The van der Waals surface area contributed by atoms with E-state index in [2.05, 4.69) is 36.4 Å². The van der Waals surface area contributed by atoms with Crippen LogP contribution in [0.1, 0.15) is 25.8 Å². The van der Waals surface area contributed by atoms with E-state index >= 15 is 0 Å². The Kier molecular flexibility index (Phi) is 4.99. The summed E-state index contributed by atoms with van der Waals surface area (Å²) < 4.78 is 0. The first-order valence-electron chi connectivity index (χ1n) is 7.52. The molecule has 0 aliphatic rings. The third-order valence-electron chi connectivity index (χ3n) is 3.91. The number of benzene rings is 2. The fourth-order valence-corrected chi connectivity index (χ4v) is 2.58. The maximum absolute atomic E-state index is 11.2. The Labute approximate surface area is 131 Å². The second-order valence-electron chi connectivity index (χ2n) is 6.42. The van der Waals surface area contributed by atoms with Gasteiger partial charge in [-0.3, -0.25) is 4.79 Å². The van der Waals surface area contributed by atoms with Gasteiger partial charge in [-0.15, -0.1) is 0 Å². The van der Waals surface area contributed by atoms with Crippen LogP contribution in [0.5, 0.6) is 0 Å². The lowest BCUT2D eigenvalue weighted by Crippen LogP contribution is -2.34. The SMILES string of the molecule is CC(C)(C[C@H](N)Cc1ccc(-c2ccccc2)cc1)C(=O)O. The molecule has 0 aromatic heterocycles. The van der Waals surface area contributed by atoms with Gasteiger partial charge < -0.3 is 10.8 Å². The molecule has 0 spiro atoms. The standard InChI is InChI=1S/C19H23NO2/c1-19(2,18(21)22)13-17(20)12-14-8-10-16(11-9-14)15-6-4-3-5-7-15/h3-11,17H,12-13,20H2,1-2H3,(H,21,22)/t17-/m1/s1. The highest BCUT2D eigenvalue weighted by Gasteiger charge is 2.29. The van der Waals surface area contributed by atoms with Crippen LogP contribution in [0.15, 0.2) is 54.6 Å². The molecule has 3 N–H and O–H groups in total. The summed E-state index contributed by atoms with van der Waals surface area (Å²) in [4.78, 5) is 11.2. The summed E-state index contributed by atoms with van der Waals surface area (Å²) in [7, 11) is 0. The summed E-state index contributed by atoms with van der Waals surface area (Å²) >= 11 is 0. The maximum atomic E-state index is 11.2. The fraction of sp³-hybridized carbons (Fsp3) is 0.316. The van der Waals surface area contributed by atoms with Gasteiger partial charge >= 0.3 is 5.97 Å². The van der Waals surface area contributed by atoms with E-state index in [4.69, 9.17) is 10.8 Å². The minimum Gasteiger partial charge on any atom is -0.481 e. The van der Waals surface area contributed by atoms with Crippen molar-refractivity contribution in [3.63, 3.8) is 0 Å². The molecule has 0 unspecified atom stereocenters. The minimum absolute atomic E-state index is 0.159. The van der Waals surface area contributed by atoms with Crippen molar-refractivity contribution >= 4 is 5.97 Å². The van der Waals surface area contributed by atoms with Crippen LogP contribution in [0.4, 0.5) is 0 Å². The molecule has 22 heavy (non-hydrogen) atoms. The predicted octanol–water partition coefficient (Wildman–Crippen LogP) is 3.72. The van der Waals surface area contributed by atoms with Gasteiger partial charge in [-0.25, -0.2) is 0 Å². The Bertz CT molecular complexity index is 618. The lowest BCUT2D eigenvalue weighted by molar-refractivity contribution is -0.147. The predicted molar refractivity (Wildman–Crippen MR) is 89.6 cm³/mol. The molecule has 3 nitrogen and oxygen atoms in total. The summed E-state index contributed by atoms with van der Waals surface area (Å²) in [5.74, 6) is -0.803. The molecule has 0 bridgehead atoms.